The normalized spacial score (nSPS) is 18.2. The fourth-order valence-corrected chi connectivity index (χ4v) is 4.16. The standard InChI is InChI=1S/C26H37N3O3.HI/c1-4-31-24-18-20(14-15-23(24)30-3)10-8-16-28-26(27-2)29-19-22-13-9-17-32-25(22)21-11-6-5-7-12-21;/h5-7,11-12,14-15,18,22,25H,4,8-10,13,16-17,19H2,1-3H3,(H2,27,28,29);1H. The molecule has 3 rings (SSSR count). The third-order valence-electron chi connectivity index (χ3n) is 5.79. The zero-order valence-electron chi connectivity index (χ0n) is 20.0. The molecular weight excluding hydrogens is 529 g/mol. The highest BCUT2D eigenvalue weighted by Crippen LogP contribution is 2.33. The lowest BCUT2D eigenvalue weighted by molar-refractivity contribution is -0.0265. The van der Waals surface area contributed by atoms with Crippen LogP contribution in [-0.2, 0) is 11.2 Å². The molecule has 2 aromatic rings. The largest absolute Gasteiger partial charge is 0.493 e. The maximum Gasteiger partial charge on any atom is 0.190 e. The van der Waals surface area contributed by atoms with Crippen molar-refractivity contribution in [1.82, 2.24) is 10.6 Å². The van der Waals surface area contributed by atoms with Crippen molar-refractivity contribution in [3.8, 4) is 11.5 Å². The van der Waals surface area contributed by atoms with Crippen LogP contribution in [0.3, 0.4) is 0 Å². The predicted octanol–water partition coefficient (Wildman–Crippen LogP) is 4.98. The predicted molar refractivity (Wildman–Crippen MR) is 145 cm³/mol. The van der Waals surface area contributed by atoms with Gasteiger partial charge in [-0.15, -0.1) is 24.0 Å². The van der Waals surface area contributed by atoms with Gasteiger partial charge in [0.15, 0.2) is 17.5 Å². The van der Waals surface area contributed by atoms with Gasteiger partial charge in [0, 0.05) is 32.7 Å². The number of ether oxygens (including phenoxy) is 3. The summed E-state index contributed by atoms with van der Waals surface area (Å²) >= 11 is 0. The van der Waals surface area contributed by atoms with Crippen molar-refractivity contribution in [2.24, 2.45) is 10.9 Å². The molecule has 0 radical (unpaired) electrons. The molecular formula is C26H38IN3O3. The highest BCUT2D eigenvalue weighted by molar-refractivity contribution is 14.0. The molecule has 0 saturated carbocycles. The van der Waals surface area contributed by atoms with E-state index in [4.69, 9.17) is 14.2 Å². The number of aliphatic imine (C=N–C) groups is 1. The first kappa shape index (κ1) is 27.2. The SMILES string of the molecule is CCOc1cc(CCCNC(=NC)NCC2CCCOC2c2ccccc2)ccc1OC.I. The van der Waals surface area contributed by atoms with Crippen LogP contribution in [0.25, 0.3) is 0 Å². The Morgan fingerprint density at radius 1 is 1.12 bits per heavy atom. The molecule has 182 valence electrons. The molecule has 2 atom stereocenters. The zero-order chi connectivity index (χ0) is 22.6. The van der Waals surface area contributed by atoms with E-state index in [9.17, 15) is 0 Å². The first-order chi connectivity index (χ1) is 15.7. The summed E-state index contributed by atoms with van der Waals surface area (Å²) in [6, 6.07) is 16.7. The Balaban J connectivity index is 0.00000385. The smallest absolute Gasteiger partial charge is 0.190 e. The molecule has 1 aliphatic rings. The maximum atomic E-state index is 6.11. The van der Waals surface area contributed by atoms with E-state index in [-0.39, 0.29) is 30.1 Å². The van der Waals surface area contributed by atoms with Gasteiger partial charge in [-0.05, 0) is 55.9 Å². The number of hydrogen-bond acceptors (Lipinski definition) is 4. The second kappa shape index (κ2) is 15.0. The van der Waals surface area contributed by atoms with Crippen LogP contribution in [0.15, 0.2) is 53.5 Å². The Hall–Kier alpha value is -2.00. The van der Waals surface area contributed by atoms with E-state index in [1.54, 1.807) is 7.11 Å². The third-order valence-corrected chi connectivity index (χ3v) is 5.79. The third kappa shape index (κ3) is 8.37. The van der Waals surface area contributed by atoms with Crippen LogP contribution in [-0.4, -0.2) is 46.4 Å². The summed E-state index contributed by atoms with van der Waals surface area (Å²) in [5.74, 6) is 2.85. The second-order valence-electron chi connectivity index (χ2n) is 8.01. The van der Waals surface area contributed by atoms with Gasteiger partial charge >= 0.3 is 0 Å². The molecule has 0 spiro atoms. The van der Waals surface area contributed by atoms with Gasteiger partial charge in [-0.3, -0.25) is 4.99 Å². The number of rotatable bonds is 10. The topological polar surface area (TPSA) is 64.1 Å². The summed E-state index contributed by atoms with van der Waals surface area (Å²) in [4.78, 5) is 4.39. The van der Waals surface area contributed by atoms with E-state index in [0.717, 1.165) is 62.8 Å². The van der Waals surface area contributed by atoms with Crippen molar-refractivity contribution in [3.63, 3.8) is 0 Å². The molecule has 1 aliphatic heterocycles. The van der Waals surface area contributed by atoms with Gasteiger partial charge in [-0.2, -0.15) is 0 Å². The summed E-state index contributed by atoms with van der Waals surface area (Å²) < 4.78 is 17.2. The summed E-state index contributed by atoms with van der Waals surface area (Å²) in [6.07, 6.45) is 4.36. The van der Waals surface area contributed by atoms with E-state index >= 15 is 0 Å². The lowest BCUT2D eigenvalue weighted by Crippen LogP contribution is -2.42. The van der Waals surface area contributed by atoms with Gasteiger partial charge in [0.2, 0.25) is 0 Å². The molecule has 2 aromatic carbocycles. The fourth-order valence-electron chi connectivity index (χ4n) is 4.16. The van der Waals surface area contributed by atoms with E-state index < -0.39 is 0 Å². The van der Waals surface area contributed by atoms with Crippen molar-refractivity contribution >= 4 is 29.9 Å². The number of benzene rings is 2. The number of aryl methyl sites for hydroxylation is 1. The number of methoxy groups -OCH3 is 1. The molecule has 0 aromatic heterocycles. The molecule has 0 bridgehead atoms. The molecule has 6 nitrogen and oxygen atoms in total. The van der Waals surface area contributed by atoms with Crippen LogP contribution in [0, 0.1) is 5.92 Å². The molecule has 1 saturated heterocycles. The van der Waals surface area contributed by atoms with Crippen LogP contribution >= 0.6 is 24.0 Å². The maximum absolute atomic E-state index is 6.11. The highest BCUT2D eigenvalue weighted by atomic mass is 127. The summed E-state index contributed by atoms with van der Waals surface area (Å²) in [5.41, 5.74) is 2.50. The van der Waals surface area contributed by atoms with Gasteiger partial charge in [-0.25, -0.2) is 0 Å². The Bertz CT molecular complexity index is 848. The Kier molecular flexibility index (Phi) is 12.4. The fraction of sp³-hybridized carbons (Fsp3) is 0.500. The monoisotopic (exact) mass is 567 g/mol. The summed E-state index contributed by atoms with van der Waals surface area (Å²) in [5, 5.41) is 6.94. The quantitative estimate of drug-likeness (QED) is 0.184. The highest BCUT2D eigenvalue weighted by Gasteiger charge is 2.27. The number of nitrogens with zero attached hydrogens (tertiary/aromatic N) is 1. The minimum absolute atomic E-state index is 0. The minimum atomic E-state index is 0. The van der Waals surface area contributed by atoms with Crippen molar-refractivity contribution in [1.29, 1.82) is 0 Å². The Morgan fingerprint density at radius 2 is 1.94 bits per heavy atom. The average molecular weight is 568 g/mol. The van der Waals surface area contributed by atoms with E-state index in [2.05, 4.69) is 58.1 Å². The molecule has 7 heteroatoms. The molecule has 33 heavy (non-hydrogen) atoms. The second-order valence-corrected chi connectivity index (χ2v) is 8.01. The number of nitrogens with one attached hydrogen (secondary N) is 2. The van der Waals surface area contributed by atoms with E-state index in [1.165, 1.54) is 11.1 Å². The van der Waals surface area contributed by atoms with Crippen molar-refractivity contribution < 1.29 is 14.2 Å². The lowest BCUT2D eigenvalue weighted by Gasteiger charge is -2.32. The first-order valence-electron chi connectivity index (χ1n) is 11.7. The summed E-state index contributed by atoms with van der Waals surface area (Å²) in [7, 11) is 3.49. The van der Waals surface area contributed by atoms with E-state index in [0.29, 0.717) is 12.5 Å². The van der Waals surface area contributed by atoms with Gasteiger partial charge in [0.1, 0.15) is 0 Å². The molecule has 0 aliphatic carbocycles. The van der Waals surface area contributed by atoms with Crippen LogP contribution in [0.2, 0.25) is 0 Å². The van der Waals surface area contributed by atoms with Gasteiger partial charge in [-0.1, -0.05) is 36.4 Å². The zero-order valence-corrected chi connectivity index (χ0v) is 22.3. The van der Waals surface area contributed by atoms with Crippen LogP contribution < -0.4 is 20.1 Å². The molecule has 0 amide bonds. The van der Waals surface area contributed by atoms with Crippen molar-refractivity contribution in [2.45, 2.75) is 38.7 Å². The number of halogens is 1. The molecule has 1 heterocycles. The molecule has 2 unspecified atom stereocenters. The van der Waals surface area contributed by atoms with Gasteiger partial charge < -0.3 is 24.8 Å². The minimum Gasteiger partial charge on any atom is -0.493 e. The van der Waals surface area contributed by atoms with Crippen molar-refractivity contribution in [3.05, 3.63) is 59.7 Å². The molecule has 1 fully saturated rings. The lowest BCUT2D eigenvalue weighted by atomic mass is 9.89. The molecule has 2 N–H and O–H groups in total. The van der Waals surface area contributed by atoms with Gasteiger partial charge in [0.25, 0.3) is 0 Å². The average Bonchev–Trinajstić information content (AvgIpc) is 2.85. The number of guanidine groups is 1. The first-order valence-corrected chi connectivity index (χ1v) is 11.7. The Morgan fingerprint density at radius 3 is 2.67 bits per heavy atom. The van der Waals surface area contributed by atoms with Crippen LogP contribution in [0.4, 0.5) is 0 Å². The number of hydrogen-bond donors (Lipinski definition) is 2. The summed E-state index contributed by atoms with van der Waals surface area (Å²) in [6.45, 7) is 5.13. The van der Waals surface area contributed by atoms with Crippen LogP contribution in [0.1, 0.15) is 43.4 Å². The van der Waals surface area contributed by atoms with Crippen LogP contribution in [0.5, 0.6) is 11.5 Å². The van der Waals surface area contributed by atoms with E-state index in [1.807, 2.05) is 20.0 Å². The van der Waals surface area contributed by atoms with Gasteiger partial charge in [0.05, 0.1) is 19.8 Å². The Labute approximate surface area is 215 Å². The van der Waals surface area contributed by atoms with Crippen molar-refractivity contribution in [2.75, 3.05) is 40.5 Å².